The SMILES string of the molecule is Cc1cccc2cc(CN3CCN(C(=O)OCc4ccccc4)CC3)c(=O)[nH]c12. The van der Waals surface area contributed by atoms with Gasteiger partial charge in [0.25, 0.3) is 5.56 Å². The Labute approximate surface area is 169 Å². The molecule has 3 aromatic rings. The molecule has 0 saturated carbocycles. The fraction of sp³-hybridized carbons (Fsp3) is 0.304. The highest BCUT2D eigenvalue weighted by Gasteiger charge is 2.23. The number of piperazine rings is 1. The highest BCUT2D eigenvalue weighted by atomic mass is 16.6. The lowest BCUT2D eigenvalue weighted by Gasteiger charge is -2.34. The van der Waals surface area contributed by atoms with Crippen LogP contribution in [0.2, 0.25) is 0 Å². The summed E-state index contributed by atoms with van der Waals surface area (Å²) in [5.41, 5.74) is 3.64. The predicted octanol–water partition coefficient (Wildman–Crippen LogP) is 3.29. The first-order valence-electron chi connectivity index (χ1n) is 9.89. The number of aromatic amines is 1. The first-order valence-corrected chi connectivity index (χ1v) is 9.89. The Morgan fingerprint density at radius 2 is 1.79 bits per heavy atom. The lowest BCUT2D eigenvalue weighted by Crippen LogP contribution is -2.48. The molecular formula is C23H25N3O3. The Balaban J connectivity index is 1.33. The number of hydrogen-bond donors (Lipinski definition) is 1. The quantitative estimate of drug-likeness (QED) is 0.741. The molecule has 1 aliphatic rings. The van der Waals surface area contributed by atoms with Gasteiger partial charge in [0.15, 0.2) is 0 Å². The van der Waals surface area contributed by atoms with Crippen molar-refractivity contribution in [3.8, 4) is 0 Å². The maximum atomic E-state index is 12.5. The smallest absolute Gasteiger partial charge is 0.410 e. The first-order chi connectivity index (χ1) is 14.1. The van der Waals surface area contributed by atoms with E-state index in [-0.39, 0.29) is 18.3 Å². The third-order valence-corrected chi connectivity index (χ3v) is 5.39. The Bertz CT molecular complexity index is 1050. The molecule has 1 N–H and O–H groups in total. The number of amides is 1. The van der Waals surface area contributed by atoms with Crippen LogP contribution in [-0.4, -0.2) is 47.1 Å². The van der Waals surface area contributed by atoms with Gasteiger partial charge in [-0.3, -0.25) is 9.69 Å². The fourth-order valence-electron chi connectivity index (χ4n) is 3.69. The molecule has 2 aromatic carbocycles. The number of para-hydroxylation sites is 1. The van der Waals surface area contributed by atoms with Crippen LogP contribution in [0.3, 0.4) is 0 Å². The van der Waals surface area contributed by atoms with Crippen molar-refractivity contribution in [1.82, 2.24) is 14.8 Å². The van der Waals surface area contributed by atoms with Gasteiger partial charge < -0.3 is 14.6 Å². The van der Waals surface area contributed by atoms with E-state index in [9.17, 15) is 9.59 Å². The average molecular weight is 391 g/mol. The number of H-pyrrole nitrogens is 1. The lowest BCUT2D eigenvalue weighted by atomic mass is 10.1. The van der Waals surface area contributed by atoms with Crippen LogP contribution in [0, 0.1) is 6.92 Å². The number of aryl methyl sites for hydroxylation is 1. The van der Waals surface area contributed by atoms with Crippen molar-refractivity contribution < 1.29 is 9.53 Å². The van der Waals surface area contributed by atoms with Crippen LogP contribution in [0.1, 0.15) is 16.7 Å². The highest BCUT2D eigenvalue weighted by Crippen LogP contribution is 2.16. The minimum absolute atomic E-state index is 0.0449. The molecule has 6 heteroatoms. The summed E-state index contributed by atoms with van der Waals surface area (Å²) in [6, 6.07) is 17.7. The number of nitrogens with one attached hydrogen (secondary N) is 1. The summed E-state index contributed by atoms with van der Waals surface area (Å²) >= 11 is 0. The lowest BCUT2D eigenvalue weighted by molar-refractivity contribution is 0.0700. The topological polar surface area (TPSA) is 65.6 Å². The number of aromatic nitrogens is 1. The Morgan fingerprint density at radius 3 is 2.55 bits per heavy atom. The van der Waals surface area contributed by atoms with E-state index in [1.807, 2.05) is 61.5 Å². The summed E-state index contributed by atoms with van der Waals surface area (Å²) < 4.78 is 5.41. The van der Waals surface area contributed by atoms with E-state index >= 15 is 0 Å². The van der Waals surface area contributed by atoms with E-state index in [4.69, 9.17) is 4.74 Å². The average Bonchev–Trinajstić information content (AvgIpc) is 2.75. The van der Waals surface area contributed by atoms with Crippen molar-refractivity contribution in [2.24, 2.45) is 0 Å². The number of hydrogen-bond acceptors (Lipinski definition) is 4. The van der Waals surface area contributed by atoms with E-state index in [2.05, 4.69) is 9.88 Å². The molecule has 1 saturated heterocycles. The van der Waals surface area contributed by atoms with Gasteiger partial charge in [-0.1, -0.05) is 48.5 Å². The number of benzene rings is 2. The first kappa shape index (κ1) is 19.2. The van der Waals surface area contributed by atoms with Crippen molar-refractivity contribution in [1.29, 1.82) is 0 Å². The van der Waals surface area contributed by atoms with Crippen LogP contribution in [0.4, 0.5) is 4.79 Å². The molecule has 1 fully saturated rings. The molecule has 1 amide bonds. The molecule has 0 atom stereocenters. The predicted molar refractivity (Wildman–Crippen MR) is 113 cm³/mol. The molecule has 0 radical (unpaired) electrons. The zero-order valence-corrected chi connectivity index (χ0v) is 16.6. The number of nitrogens with zero attached hydrogens (tertiary/aromatic N) is 2. The molecule has 1 aliphatic heterocycles. The van der Waals surface area contributed by atoms with Crippen molar-refractivity contribution in [2.45, 2.75) is 20.1 Å². The molecular weight excluding hydrogens is 366 g/mol. The summed E-state index contributed by atoms with van der Waals surface area (Å²) in [5, 5.41) is 1.04. The summed E-state index contributed by atoms with van der Waals surface area (Å²) in [4.78, 5) is 31.7. The van der Waals surface area contributed by atoms with Crippen molar-refractivity contribution >= 4 is 17.0 Å². The van der Waals surface area contributed by atoms with Gasteiger partial charge in [-0.15, -0.1) is 0 Å². The minimum Gasteiger partial charge on any atom is -0.445 e. The van der Waals surface area contributed by atoms with Crippen LogP contribution in [0.15, 0.2) is 59.4 Å². The molecule has 6 nitrogen and oxygen atoms in total. The van der Waals surface area contributed by atoms with Gasteiger partial charge in [0.1, 0.15) is 6.61 Å². The second-order valence-electron chi connectivity index (χ2n) is 7.47. The largest absolute Gasteiger partial charge is 0.445 e. The molecule has 0 bridgehead atoms. The van der Waals surface area contributed by atoms with Gasteiger partial charge in [-0.05, 0) is 29.5 Å². The van der Waals surface area contributed by atoms with Gasteiger partial charge in [-0.2, -0.15) is 0 Å². The van der Waals surface area contributed by atoms with Crippen LogP contribution >= 0.6 is 0 Å². The second-order valence-corrected chi connectivity index (χ2v) is 7.47. The molecule has 1 aromatic heterocycles. The highest BCUT2D eigenvalue weighted by molar-refractivity contribution is 5.81. The zero-order valence-electron chi connectivity index (χ0n) is 16.6. The number of carbonyl (C=O) groups is 1. The Morgan fingerprint density at radius 1 is 1.03 bits per heavy atom. The molecule has 4 rings (SSSR count). The molecule has 2 heterocycles. The molecule has 150 valence electrons. The second kappa shape index (κ2) is 8.49. The monoisotopic (exact) mass is 391 g/mol. The third kappa shape index (κ3) is 4.49. The van der Waals surface area contributed by atoms with Gasteiger partial charge in [0, 0.05) is 38.3 Å². The van der Waals surface area contributed by atoms with E-state index < -0.39 is 0 Å². The van der Waals surface area contributed by atoms with Gasteiger partial charge in [-0.25, -0.2) is 4.79 Å². The minimum atomic E-state index is -0.285. The van der Waals surface area contributed by atoms with E-state index in [0.717, 1.165) is 27.6 Å². The van der Waals surface area contributed by atoms with Crippen LogP contribution in [0.5, 0.6) is 0 Å². The Kier molecular flexibility index (Phi) is 5.62. The maximum absolute atomic E-state index is 12.5. The number of ether oxygens (including phenoxy) is 1. The number of carbonyl (C=O) groups excluding carboxylic acids is 1. The van der Waals surface area contributed by atoms with Crippen molar-refractivity contribution in [2.75, 3.05) is 26.2 Å². The fourth-order valence-corrected chi connectivity index (χ4v) is 3.69. The van der Waals surface area contributed by atoms with Crippen LogP contribution < -0.4 is 5.56 Å². The molecule has 0 spiro atoms. The van der Waals surface area contributed by atoms with E-state index in [1.165, 1.54) is 0 Å². The summed E-state index contributed by atoms with van der Waals surface area (Å²) in [7, 11) is 0. The van der Waals surface area contributed by atoms with Gasteiger partial charge >= 0.3 is 6.09 Å². The van der Waals surface area contributed by atoms with E-state index in [1.54, 1.807) is 4.90 Å². The number of fused-ring (bicyclic) bond motifs is 1. The zero-order chi connectivity index (χ0) is 20.2. The summed E-state index contributed by atoms with van der Waals surface area (Å²) in [5.74, 6) is 0. The normalized spacial score (nSPS) is 14.9. The number of rotatable bonds is 4. The van der Waals surface area contributed by atoms with Crippen LogP contribution in [-0.2, 0) is 17.9 Å². The van der Waals surface area contributed by atoms with Crippen molar-refractivity contribution in [3.05, 3.63) is 81.6 Å². The third-order valence-electron chi connectivity index (χ3n) is 5.39. The summed E-state index contributed by atoms with van der Waals surface area (Å²) in [6.07, 6.45) is -0.285. The molecule has 0 unspecified atom stereocenters. The summed E-state index contributed by atoms with van der Waals surface area (Å²) in [6.45, 7) is 5.47. The molecule has 29 heavy (non-hydrogen) atoms. The van der Waals surface area contributed by atoms with Gasteiger partial charge in [0.05, 0.1) is 5.52 Å². The number of pyridine rings is 1. The van der Waals surface area contributed by atoms with E-state index in [0.29, 0.717) is 32.7 Å². The van der Waals surface area contributed by atoms with Crippen LogP contribution in [0.25, 0.3) is 10.9 Å². The van der Waals surface area contributed by atoms with Gasteiger partial charge in [0.2, 0.25) is 0 Å². The standard InChI is InChI=1S/C23H25N3O3/c1-17-6-5-9-19-14-20(22(27)24-21(17)19)15-25-10-12-26(13-11-25)23(28)29-16-18-7-3-2-4-8-18/h2-9,14H,10-13,15-16H2,1H3,(H,24,27). The maximum Gasteiger partial charge on any atom is 0.410 e. The Hall–Kier alpha value is -3.12. The van der Waals surface area contributed by atoms with Crippen molar-refractivity contribution in [3.63, 3.8) is 0 Å². The molecule has 0 aliphatic carbocycles.